The quantitative estimate of drug-likeness (QED) is 0.635. The molecule has 1 aliphatic rings. The molecule has 1 aromatic carbocycles. The number of rotatable bonds is 6. The van der Waals surface area contributed by atoms with E-state index in [1.54, 1.807) is 16.8 Å². The van der Waals surface area contributed by atoms with Crippen LogP contribution in [0.15, 0.2) is 41.8 Å². The first kappa shape index (κ1) is 16.7. The van der Waals surface area contributed by atoms with E-state index in [2.05, 4.69) is 19.8 Å². The molecule has 4 rings (SSSR count). The van der Waals surface area contributed by atoms with Crippen molar-refractivity contribution in [2.75, 3.05) is 19.8 Å². The Kier molecular flexibility index (Phi) is 4.43. The average molecular weight is 375 g/mol. The lowest BCUT2D eigenvalue weighted by atomic mass is 10.2. The number of nitrogens with one attached hydrogen (secondary N) is 1. The predicted molar refractivity (Wildman–Crippen MR) is 91.7 cm³/mol. The molecule has 0 aliphatic carbocycles. The topological polar surface area (TPSA) is 108 Å². The maximum atomic E-state index is 12.4. The van der Waals surface area contributed by atoms with Gasteiger partial charge in [-0.2, -0.15) is 10.1 Å². The highest BCUT2D eigenvalue weighted by molar-refractivity contribution is 7.89. The Balaban J connectivity index is 1.36. The third kappa shape index (κ3) is 3.46. The molecule has 0 amide bonds. The number of sulfonamides is 1. The summed E-state index contributed by atoms with van der Waals surface area (Å²) in [5.74, 6) is 1.55. The number of nitrogens with zero attached hydrogens (tertiary/aromatic N) is 4. The van der Waals surface area contributed by atoms with Crippen molar-refractivity contribution in [1.82, 2.24) is 24.3 Å². The molecule has 3 aromatic rings. The molecule has 0 radical (unpaired) electrons. The van der Waals surface area contributed by atoms with Crippen molar-refractivity contribution in [2.45, 2.75) is 17.7 Å². The molecule has 10 heteroatoms. The van der Waals surface area contributed by atoms with Gasteiger partial charge in [0.25, 0.3) is 5.78 Å². The van der Waals surface area contributed by atoms with Crippen molar-refractivity contribution in [3.63, 3.8) is 0 Å². The van der Waals surface area contributed by atoms with Gasteiger partial charge in [0.1, 0.15) is 19.5 Å². The van der Waals surface area contributed by atoms with Gasteiger partial charge in [0.05, 0.1) is 4.90 Å². The fourth-order valence-electron chi connectivity index (χ4n) is 2.66. The zero-order chi connectivity index (χ0) is 18.0. The minimum atomic E-state index is -3.60. The van der Waals surface area contributed by atoms with Crippen LogP contribution in [0.25, 0.3) is 5.78 Å². The molecule has 0 atom stereocenters. The Bertz CT molecular complexity index is 1030. The standard InChI is InChI=1S/C16H17N5O4S/c22-26(23,13-3-4-14-15(8-13)25-7-6-24-14)20-5-1-2-12-9-17-16-18-11-19-21(16)10-12/h3-4,8-11,20H,1-2,5-7H2. The normalized spacial score (nSPS) is 13.8. The molecular formula is C16H17N5O4S. The Labute approximate surface area is 150 Å². The van der Waals surface area contributed by atoms with E-state index in [9.17, 15) is 8.42 Å². The van der Waals surface area contributed by atoms with Crippen LogP contribution in [0.2, 0.25) is 0 Å². The SMILES string of the molecule is O=S(=O)(NCCCc1cnc2ncnn2c1)c1ccc2c(c1)OCCO2. The van der Waals surface area contributed by atoms with Gasteiger partial charge in [0.15, 0.2) is 11.5 Å². The molecule has 9 nitrogen and oxygen atoms in total. The monoisotopic (exact) mass is 375 g/mol. The van der Waals surface area contributed by atoms with Crippen LogP contribution in [0.1, 0.15) is 12.0 Å². The summed E-state index contributed by atoms with van der Waals surface area (Å²) < 4.78 is 39.9. The van der Waals surface area contributed by atoms with Gasteiger partial charge in [-0.25, -0.2) is 22.6 Å². The summed E-state index contributed by atoms with van der Waals surface area (Å²) in [4.78, 5) is 8.32. The minimum absolute atomic E-state index is 0.160. The zero-order valence-electron chi connectivity index (χ0n) is 13.8. The number of benzene rings is 1. The average Bonchev–Trinajstić information content (AvgIpc) is 3.13. The van der Waals surface area contributed by atoms with Gasteiger partial charge >= 0.3 is 0 Å². The molecule has 1 N–H and O–H groups in total. The lowest BCUT2D eigenvalue weighted by Crippen LogP contribution is -2.25. The lowest BCUT2D eigenvalue weighted by Gasteiger charge is -2.18. The summed E-state index contributed by atoms with van der Waals surface area (Å²) in [7, 11) is -3.60. The van der Waals surface area contributed by atoms with Crippen LogP contribution < -0.4 is 14.2 Å². The smallest absolute Gasteiger partial charge is 0.252 e. The third-order valence-electron chi connectivity index (χ3n) is 3.95. The number of aromatic nitrogens is 4. The Morgan fingerprint density at radius 1 is 1.15 bits per heavy atom. The molecule has 26 heavy (non-hydrogen) atoms. The van der Waals surface area contributed by atoms with Crippen LogP contribution >= 0.6 is 0 Å². The van der Waals surface area contributed by atoms with Crippen molar-refractivity contribution >= 4 is 15.8 Å². The van der Waals surface area contributed by atoms with Crippen LogP contribution in [0.3, 0.4) is 0 Å². The first-order valence-corrected chi connectivity index (χ1v) is 9.64. The second-order valence-corrected chi connectivity index (χ2v) is 7.54. The fraction of sp³-hybridized carbons (Fsp3) is 0.312. The molecule has 0 saturated carbocycles. The maximum Gasteiger partial charge on any atom is 0.252 e. The Morgan fingerprint density at radius 3 is 2.88 bits per heavy atom. The number of hydrogen-bond donors (Lipinski definition) is 1. The van der Waals surface area contributed by atoms with Crippen molar-refractivity contribution in [3.8, 4) is 11.5 Å². The van der Waals surface area contributed by atoms with Crippen molar-refractivity contribution in [2.24, 2.45) is 0 Å². The van der Waals surface area contributed by atoms with Gasteiger partial charge in [0.2, 0.25) is 10.0 Å². The minimum Gasteiger partial charge on any atom is -0.486 e. The number of ether oxygens (including phenoxy) is 2. The zero-order valence-corrected chi connectivity index (χ0v) is 14.6. The molecule has 136 valence electrons. The van der Waals surface area contributed by atoms with Gasteiger partial charge in [-0.3, -0.25) is 0 Å². The number of hydrogen-bond acceptors (Lipinski definition) is 7. The number of aryl methyl sites for hydroxylation is 1. The van der Waals surface area contributed by atoms with E-state index in [0.29, 0.717) is 49.9 Å². The Morgan fingerprint density at radius 2 is 2.00 bits per heavy atom. The summed E-state index contributed by atoms with van der Waals surface area (Å²) in [6.07, 6.45) is 6.30. The Hall–Kier alpha value is -2.72. The highest BCUT2D eigenvalue weighted by Crippen LogP contribution is 2.32. The van der Waals surface area contributed by atoms with Crippen LogP contribution in [-0.4, -0.2) is 47.8 Å². The van der Waals surface area contributed by atoms with E-state index in [-0.39, 0.29) is 4.90 Å². The summed E-state index contributed by atoms with van der Waals surface area (Å²) in [5.41, 5.74) is 0.960. The van der Waals surface area contributed by atoms with Crippen LogP contribution in [-0.2, 0) is 16.4 Å². The van der Waals surface area contributed by atoms with E-state index < -0.39 is 10.0 Å². The number of fused-ring (bicyclic) bond motifs is 2. The highest BCUT2D eigenvalue weighted by Gasteiger charge is 2.18. The van der Waals surface area contributed by atoms with E-state index >= 15 is 0 Å². The molecule has 0 fully saturated rings. The van der Waals surface area contributed by atoms with Crippen molar-refractivity contribution in [1.29, 1.82) is 0 Å². The first-order valence-electron chi connectivity index (χ1n) is 8.15. The van der Waals surface area contributed by atoms with E-state index in [1.807, 2.05) is 6.20 Å². The molecule has 1 aliphatic heterocycles. The summed E-state index contributed by atoms with van der Waals surface area (Å²) in [5, 5.41) is 4.03. The van der Waals surface area contributed by atoms with Crippen LogP contribution in [0, 0.1) is 0 Å². The lowest BCUT2D eigenvalue weighted by molar-refractivity contribution is 0.171. The van der Waals surface area contributed by atoms with E-state index in [4.69, 9.17) is 9.47 Å². The second kappa shape index (κ2) is 6.89. The highest BCUT2D eigenvalue weighted by atomic mass is 32.2. The molecule has 0 saturated heterocycles. The van der Waals surface area contributed by atoms with Crippen LogP contribution in [0.5, 0.6) is 11.5 Å². The maximum absolute atomic E-state index is 12.4. The summed E-state index contributed by atoms with van der Waals surface area (Å²) in [6, 6.07) is 4.61. The summed E-state index contributed by atoms with van der Waals surface area (Å²) in [6.45, 7) is 1.19. The largest absolute Gasteiger partial charge is 0.486 e. The summed E-state index contributed by atoms with van der Waals surface area (Å²) >= 11 is 0. The third-order valence-corrected chi connectivity index (χ3v) is 5.41. The molecule has 0 spiro atoms. The van der Waals surface area contributed by atoms with Gasteiger partial charge in [-0.1, -0.05) is 0 Å². The molecule has 3 heterocycles. The molecule has 0 bridgehead atoms. The van der Waals surface area contributed by atoms with Crippen molar-refractivity contribution in [3.05, 3.63) is 42.5 Å². The predicted octanol–water partition coefficient (Wildman–Crippen LogP) is 0.807. The molecule has 2 aromatic heterocycles. The van der Waals surface area contributed by atoms with Crippen molar-refractivity contribution < 1.29 is 17.9 Å². The molecule has 0 unspecified atom stereocenters. The first-order chi connectivity index (χ1) is 12.6. The van der Waals surface area contributed by atoms with E-state index in [1.165, 1.54) is 18.5 Å². The van der Waals surface area contributed by atoms with Gasteiger partial charge in [-0.05, 0) is 30.5 Å². The van der Waals surface area contributed by atoms with E-state index in [0.717, 1.165) is 5.56 Å². The van der Waals surface area contributed by atoms with Crippen LogP contribution in [0.4, 0.5) is 0 Å². The van der Waals surface area contributed by atoms with Gasteiger partial charge < -0.3 is 9.47 Å². The van der Waals surface area contributed by atoms with Gasteiger partial charge in [0, 0.05) is 25.0 Å². The van der Waals surface area contributed by atoms with Gasteiger partial charge in [-0.15, -0.1) is 0 Å². The fourth-order valence-corrected chi connectivity index (χ4v) is 3.75. The molecular weight excluding hydrogens is 358 g/mol. The second-order valence-electron chi connectivity index (χ2n) is 5.77.